The lowest BCUT2D eigenvalue weighted by atomic mass is 9.70. The number of ether oxygens (including phenoxy) is 1. The topological polar surface area (TPSA) is 55.3 Å². The van der Waals surface area contributed by atoms with E-state index in [2.05, 4.69) is 9.97 Å². The quantitative estimate of drug-likeness (QED) is 0.606. The lowest BCUT2D eigenvalue weighted by Gasteiger charge is -2.53. The number of carbonyl (C=O) groups is 1. The highest BCUT2D eigenvalue weighted by atomic mass is 19.1. The zero-order chi connectivity index (χ0) is 21.4. The zero-order valence-corrected chi connectivity index (χ0v) is 17.4. The molecule has 3 aromatic rings. The normalized spacial score (nSPS) is 22.0. The van der Waals surface area contributed by atoms with Gasteiger partial charge in [0, 0.05) is 24.0 Å². The van der Waals surface area contributed by atoms with Crippen LogP contribution in [0.4, 0.5) is 4.39 Å². The largest absolute Gasteiger partial charge is 0.491 e. The second-order valence-electron chi connectivity index (χ2n) is 8.48. The van der Waals surface area contributed by atoms with Crippen LogP contribution in [0.3, 0.4) is 0 Å². The van der Waals surface area contributed by atoms with Gasteiger partial charge in [-0.25, -0.2) is 14.4 Å². The summed E-state index contributed by atoms with van der Waals surface area (Å²) in [6, 6.07) is 13.8. The summed E-state index contributed by atoms with van der Waals surface area (Å²) in [6.07, 6.45) is 6.39. The summed E-state index contributed by atoms with van der Waals surface area (Å²) in [5, 5.41) is 0. The van der Waals surface area contributed by atoms with Gasteiger partial charge in [-0.05, 0) is 68.5 Å². The summed E-state index contributed by atoms with van der Waals surface area (Å²) in [4.78, 5) is 24.5. The van der Waals surface area contributed by atoms with E-state index in [1.807, 2.05) is 30.0 Å². The molecular formula is C25H24FN3O2. The zero-order valence-electron chi connectivity index (χ0n) is 17.4. The van der Waals surface area contributed by atoms with Crippen LogP contribution in [0.15, 0.2) is 60.9 Å². The molecule has 5 nitrogen and oxygen atoms in total. The molecule has 1 atom stereocenters. The highest BCUT2D eigenvalue weighted by Crippen LogP contribution is 2.44. The number of amides is 1. The Morgan fingerprint density at radius 1 is 1.10 bits per heavy atom. The number of hydrogen-bond donors (Lipinski definition) is 0. The second kappa shape index (κ2) is 8.10. The number of aromatic nitrogens is 2. The molecule has 31 heavy (non-hydrogen) atoms. The van der Waals surface area contributed by atoms with Crippen molar-refractivity contribution in [1.82, 2.24) is 14.9 Å². The molecule has 2 aromatic carbocycles. The van der Waals surface area contributed by atoms with Crippen molar-refractivity contribution in [2.75, 3.05) is 6.61 Å². The van der Waals surface area contributed by atoms with E-state index in [0.717, 1.165) is 30.4 Å². The van der Waals surface area contributed by atoms with Crippen LogP contribution in [0.1, 0.15) is 35.2 Å². The Labute approximate surface area is 180 Å². The first kappa shape index (κ1) is 19.7. The Morgan fingerprint density at radius 2 is 1.84 bits per heavy atom. The lowest BCUT2D eigenvalue weighted by Crippen LogP contribution is -2.60. The van der Waals surface area contributed by atoms with Gasteiger partial charge in [-0.3, -0.25) is 4.79 Å². The Balaban J connectivity index is 1.43. The van der Waals surface area contributed by atoms with Gasteiger partial charge < -0.3 is 9.64 Å². The van der Waals surface area contributed by atoms with Crippen LogP contribution in [-0.2, 0) is 0 Å². The van der Waals surface area contributed by atoms with Crippen molar-refractivity contribution in [3.63, 3.8) is 0 Å². The predicted molar refractivity (Wildman–Crippen MR) is 115 cm³/mol. The number of carbonyl (C=O) groups excluding carboxylic acids is 1. The van der Waals surface area contributed by atoms with Gasteiger partial charge in [0.25, 0.3) is 5.91 Å². The number of hydrogen-bond acceptors (Lipinski definition) is 4. The average molecular weight is 417 g/mol. The molecule has 0 spiro atoms. The molecular weight excluding hydrogens is 393 g/mol. The van der Waals surface area contributed by atoms with Crippen LogP contribution in [0.5, 0.6) is 5.75 Å². The average Bonchev–Trinajstić information content (AvgIpc) is 2.78. The fourth-order valence-electron chi connectivity index (χ4n) is 4.73. The molecule has 6 heteroatoms. The Hall–Kier alpha value is -3.28. The number of rotatable bonds is 5. The van der Waals surface area contributed by atoms with E-state index in [1.165, 1.54) is 12.1 Å². The first-order valence-corrected chi connectivity index (χ1v) is 10.7. The van der Waals surface area contributed by atoms with Gasteiger partial charge in [0.1, 0.15) is 18.2 Å². The summed E-state index contributed by atoms with van der Waals surface area (Å²) in [7, 11) is 0. The van der Waals surface area contributed by atoms with Gasteiger partial charge >= 0.3 is 0 Å². The molecule has 1 aromatic heterocycles. The van der Waals surface area contributed by atoms with Crippen LogP contribution in [0, 0.1) is 18.7 Å². The SMILES string of the molecule is Cc1ccc(-c2ncccn2)c(C(=O)N2C3CC(C3)C[C@@H]2COc2ccc(F)cc2)c1. The van der Waals surface area contributed by atoms with E-state index in [0.29, 0.717) is 29.7 Å². The van der Waals surface area contributed by atoms with Crippen molar-refractivity contribution in [1.29, 1.82) is 0 Å². The molecule has 3 fully saturated rings. The van der Waals surface area contributed by atoms with Crippen molar-refractivity contribution in [2.45, 2.75) is 38.3 Å². The van der Waals surface area contributed by atoms with E-state index in [4.69, 9.17) is 4.74 Å². The number of benzene rings is 2. The molecule has 2 saturated heterocycles. The maximum absolute atomic E-state index is 13.8. The summed E-state index contributed by atoms with van der Waals surface area (Å²) in [6.45, 7) is 2.38. The Bertz CT molecular complexity index is 1080. The van der Waals surface area contributed by atoms with Crippen molar-refractivity contribution in [3.05, 3.63) is 77.9 Å². The van der Waals surface area contributed by atoms with Gasteiger partial charge in [0.05, 0.1) is 11.6 Å². The van der Waals surface area contributed by atoms with Gasteiger partial charge in [0.15, 0.2) is 5.82 Å². The van der Waals surface area contributed by atoms with Crippen LogP contribution in [0.25, 0.3) is 11.4 Å². The molecule has 1 saturated carbocycles. The van der Waals surface area contributed by atoms with Crippen LogP contribution in [-0.4, -0.2) is 39.5 Å². The maximum atomic E-state index is 13.8. The molecule has 0 radical (unpaired) electrons. The van der Waals surface area contributed by atoms with Crippen molar-refractivity contribution >= 4 is 5.91 Å². The monoisotopic (exact) mass is 417 g/mol. The van der Waals surface area contributed by atoms with E-state index in [1.54, 1.807) is 30.6 Å². The fourth-order valence-corrected chi connectivity index (χ4v) is 4.73. The Kier molecular flexibility index (Phi) is 5.14. The van der Waals surface area contributed by atoms with Gasteiger partial charge in [-0.15, -0.1) is 0 Å². The third-order valence-electron chi connectivity index (χ3n) is 6.31. The molecule has 3 aliphatic rings. The first-order chi connectivity index (χ1) is 15.1. The van der Waals surface area contributed by atoms with Gasteiger partial charge in [-0.1, -0.05) is 17.7 Å². The van der Waals surface area contributed by atoms with Gasteiger partial charge in [-0.2, -0.15) is 0 Å². The third-order valence-corrected chi connectivity index (χ3v) is 6.31. The summed E-state index contributed by atoms with van der Waals surface area (Å²) in [5.74, 6) is 1.51. The summed E-state index contributed by atoms with van der Waals surface area (Å²) in [5.41, 5.74) is 2.39. The molecule has 2 aliphatic heterocycles. The van der Waals surface area contributed by atoms with Crippen molar-refractivity contribution in [2.24, 2.45) is 5.92 Å². The summed E-state index contributed by atoms with van der Waals surface area (Å²) >= 11 is 0. The standard InChI is InChI=1S/C25H24FN3O2/c1-16-3-8-22(24-27-9-2-10-28-24)23(11-16)25(30)29-19-12-17(13-19)14-20(29)15-31-21-6-4-18(26)5-7-21/h2-11,17,19-20H,12-15H2,1H3/t17?,19?,20-/m1/s1. The molecule has 2 bridgehead atoms. The molecule has 6 rings (SSSR count). The van der Waals surface area contributed by atoms with Crippen LogP contribution >= 0.6 is 0 Å². The highest BCUT2D eigenvalue weighted by Gasteiger charge is 2.47. The molecule has 158 valence electrons. The second-order valence-corrected chi connectivity index (χ2v) is 8.48. The van der Waals surface area contributed by atoms with E-state index >= 15 is 0 Å². The number of nitrogens with zero attached hydrogens (tertiary/aromatic N) is 3. The summed E-state index contributed by atoms with van der Waals surface area (Å²) < 4.78 is 19.1. The Morgan fingerprint density at radius 3 is 2.58 bits per heavy atom. The molecule has 0 unspecified atom stereocenters. The lowest BCUT2D eigenvalue weighted by molar-refractivity contribution is -0.0306. The van der Waals surface area contributed by atoms with E-state index in [-0.39, 0.29) is 23.8 Å². The number of halogens is 1. The van der Waals surface area contributed by atoms with E-state index < -0.39 is 0 Å². The van der Waals surface area contributed by atoms with E-state index in [9.17, 15) is 9.18 Å². The fraction of sp³-hybridized carbons (Fsp3) is 0.320. The van der Waals surface area contributed by atoms with Crippen LogP contribution in [0.2, 0.25) is 0 Å². The molecule has 1 amide bonds. The number of fused-ring (bicyclic) bond motifs is 2. The third kappa shape index (κ3) is 3.90. The smallest absolute Gasteiger partial charge is 0.255 e. The van der Waals surface area contributed by atoms with Gasteiger partial charge in [0.2, 0.25) is 0 Å². The highest BCUT2D eigenvalue weighted by molar-refractivity contribution is 6.00. The van der Waals surface area contributed by atoms with Crippen LogP contribution < -0.4 is 4.74 Å². The molecule has 3 heterocycles. The number of aryl methyl sites for hydroxylation is 1. The molecule has 0 N–H and O–H groups in total. The molecule has 1 aliphatic carbocycles. The number of piperidine rings is 2. The van der Waals surface area contributed by atoms with Crippen molar-refractivity contribution in [3.8, 4) is 17.1 Å². The minimum atomic E-state index is -0.293. The van der Waals surface area contributed by atoms with Crippen molar-refractivity contribution < 1.29 is 13.9 Å². The maximum Gasteiger partial charge on any atom is 0.255 e. The minimum absolute atomic E-state index is 0.00186. The first-order valence-electron chi connectivity index (χ1n) is 10.7. The minimum Gasteiger partial charge on any atom is -0.491 e. The predicted octanol–water partition coefficient (Wildman–Crippen LogP) is 4.66.